The largest absolute Gasteiger partial charge is 0.338 e. The van der Waals surface area contributed by atoms with E-state index in [-0.39, 0.29) is 0 Å². The van der Waals surface area contributed by atoms with Crippen molar-refractivity contribution in [2.45, 2.75) is 0 Å². The van der Waals surface area contributed by atoms with Crippen LogP contribution in [0.15, 0.2) is 0 Å². The lowest BCUT2D eigenvalue weighted by Gasteiger charge is -1.97. The van der Waals surface area contributed by atoms with Gasteiger partial charge in [0.2, 0.25) is 5.69 Å². The van der Waals surface area contributed by atoms with Crippen molar-refractivity contribution in [1.29, 1.82) is 0 Å². The van der Waals surface area contributed by atoms with Crippen LogP contribution < -0.4 is 0 Å². The van der Waals surface area contributed by atoms with E-state index >= 15 is 0 Å². The van der Waals surface area contributed by atoms with Crippen molar-refractivity contribution in [3.63, 3.8) is 0 Å². The smallest absolute Gasteiger partial charge is 0.235 e. The van der Waals surface area contributed by atoms with Crippen molar-refractivity contribution in [3.05, 3.63) is 0 Å². The summed E-state index contributed by atoms with van der Waals surface area (Å²) in [6, 6.07) is 0. The molecule has 0 spiro atoms. The highest BCUT2D eigenvalue weighted by molar-refractivity contribution is 8.75. The fraction of sp³-hybridized carbons (Fsp3) is 0. The van der Waals surface area contributed by atoms with E-state index in [0.29, 0.717) is 9.39 Å². The van der Waals surface area contributed by atoms with Crippen LogP contribution in [-0.2, 0) is 11.8 Å². The van der Waals surface area contributed by atoms with Gasteiger partial charge in [-0.1, -0.05) is 0 Å². The Kier molecular flexibility index (Phi) is 2.91. The second kappa shape index (κ2) is 2.45. The average molecular weight is 160 g/mol. The predicted molar refractivity (Wildman–Crippen MR) is 36.3 cm³/mol. The Balaban J connectivity index is 3.48. The normalized spacial score (nSPS) is 12.3. The molecule has 0 saturated carbocycles. The maximum Gasteiger partial charge on any atom is 0.235 e. The quantitative estimate of drug-likeness (QED) is 0.389. The van der Waals surface area contributed by atoms with Crippen LogP contribution in [0.4, 0.5) is 0 Å². The molecule has 0 aliphatic carbocycles. The molecular weight excluding hydrogens is 155 g/mol. The SMILES string of the molecule is OP(O)(=S)S[SiH3]. The molecule has 38 valence electrons. The Morgan fingerprint density at radius 1 is 1.67 bits per heavy atom. The maximum absolute atomic E-state index is 8.31. The van der Waals surface area contributed by atoms with Crippen LogP contribution in [0.5, 0.6) is 0 Å². The average Bonchev–Trinajstić information content (AvgIpc) is 1.35. The summed E-state index contributed by atoms with van der Waals surface area (Å²) in [6.07, 6.45) is 0. The van der Waals surface area contributed by atoms with Crippen LogP contribution in [0.25, 0.3) is 0 Å². The van der Waals surface area contributed by atoms with E-state index in [0.717, 1.165) is 10.8 Å². The van der Waals surface area contributed by atoms with E-state index in [1.54, 1.807) is 0 Å². The Morgan fingerprint density at radius 3 is 1.83 bits per heavy atom. The van der Waals surface area contributed by atoms with Crippen LogP contribution in [0, 0.1) is 0 Å². The van der Waals surface area contributed by atoms with Gasteiger partial charge in [0, 0.05) is 0 Å². The van der Waals surface area contributed by atoms with Crippen molar-refractivity contribution in [2.75, 3.05) is 0 Å². The number of hydrogen-bond acceptors (Lipinski definition) is 2. The molecule has 0 atom stereocenters. The van der Waals surface area contributed by atoms with Crippen LogP contribution in [-0.4, -0.2) is 19.2 Å². The third-order valence-electron chi connectivity index (χ3n) is 0.238. The van der Waals surface area contributed by atoms with Gasteiger partial charge >= 0.3 is 0 Å². The summed E-state index contributed by atoms with van der Waals surface area (Å²) in [7, 11) is 1.77. The molecule has 0 rings (SSSR count). The van der Waals surface area contributed by atoms with E-state index < -0.39 is 5.69 Å². The Hall–Kier alpha value is 1.14. The van der Waals surface area contributed by atoms with Gasteiger partial charge in [-0.25, -0.2) is 0 Å². The highest BCUT2D eigenvalue weighted by Gasteiger charge is 1.99. The van der Waals surface area contributed by atoms with Crippen molar-refractivity contribution in [3.8, 4) is 0 Å². The fourth-order valence-electron chi connectivity index (χ4n) is 0. The molecule has 0 bridgehead atoms. The molecule has 0 unspecified atom stereocenters. The van der Waals surface area contributed by atoms with E-state index in [2.05, 4.69) is 11.8 Å². The summed E-state index contributed by atoms with van der Waals surface area (Å²) in [6.45, 7) is 0. The summed E-state index contributed by atoms with van der Waals surface area (Å²) >= 11 is 4.21. The van der Waals surface area contributed by atoms with Gasteiger partial charge in [-0.15, -0.1) is 10.8 Å². The lowest BCUT2D eigenvalue weighted by molar-refractivity contribution is 0.502. The highest BCUT2D eigenvalue weighted by atomic mass is 33.0. The summed E-state index contributed by atoms with van der Waals surface area (Å²) < 4.78 is 0. The molecular formula is H5O2PS2Si. The standard InChI is InChI=1S/H5O2PS2Si/c1-3(2,4)5-6/h6H3,(H2,1,2,4). The molecule has 0 radical (unpaired) electrons. The molecule has 6 heteroatoms. The van der Waals surface area contributed by atoms with E-state index in [1.165, 1.54) is 0 Å². The Bertz CT molecular complexity index is 75.6. The molecule has 0 aliphatic rings. The van der Waals surface area contributed by atoms with Crippen LogP contribution in [0.1, 0.15) is 0 Å². The molecule has 0 aromatic carbocycles. The first kappa shape index (κ1) is 7.14. The zero-order valence-electron chi connectivity index (χ0n) is 3.16. The van der Waals surface area contributed by atoms with Crippen LogP contribution in [0.3, 0.4) is 0 Å². The van der Waals surface area contributed by atoms with E-state index in [1.807, 2.05) is 0 Å². The molecule has 0 aromatic rings. The zero-order chi connectivity index (χ0) is 5.21. The van der Waals surface area contributed by atoms with E-state index in [4.69, 9.17) is 9.79 Å². The van der Waals surface area contributed by atoms with Gasteiger partial charge in [-0.05, 0) is 11.8 Å². The molecule has 0 aromatic heterocycles. The van der Waals surface area contributed by atoms with E-state index in [9.17, 15) is 0 Å². The van der Waals surface area contributed by atoms with Crippen molar-refractivity contribution < 1.29 is 9.79 Å². The fourth-order valence-corrected chi connectivity index (χ4v) is 0. The first-order valence-electron chi connectivity index (χ1n) is 1.17. The summed E-state index contributed by atoms with van der Waals surface area (Å²) in [5.74, 6) is 0. The topological polar surface area (TPSA) is 40.5 Å². The van der Waals surface area contributed by atoms with Gasteiger partial charge < -0.3 is 9.79 Å². The first-order valence-corrected chi connectivity index (χ1v) is 8.16. The third kappa shape index (κ3) is 5.14. The molecule has 0 fully saturated rings. The molecule has 0 amide bonds. The third-order valence-corrected chi connectivity index (χ3v) is 10.4. The molecule has 6 heavy (non-hydrogen) atoms. The lowest BCUT2D eigenvalue weighted by atomic mass is 15.9. The minimum Gasteiger partial charge on any atom is -0.338 e. The van der Waals surface area contributed by atoms with Gasteiger partial charge in [0.25, 0.3) is 0 Å². The highest BCUT2D eigenvalue weighted by Crippen LogP contribution is 2.47. The van der Waals surface area contributed by atoms with Gasteiger partial charge in [0.05, 0.1) is 9.39 Å². The number of rotatable bonds is 1. The molecule has 2 nitrogen and oxygen atoms in total. The minimum absolute atomic E-state index is 0.710. The zero-order valence-corrected chi connectivity index (χ0v) is 7.69. The monoisotopic (exact) mass is 160 g/mol. The van der Waals surface area contributed by atoms with Crippen molar-refractivity contribution in [1.82, 2.24) is 0 Å². The van der Waals surface area contributed by atoms with Crippen LogP contribution >= 0.6 is 16.5 Å². The van der Waals surface area contributed by atoms with Crippen LogP contribution in [0.2, 0.25) is 0 Å². The van der Waals surface area contributed by atoms with Crippen molar-refractivity contribution >= 4 is 37.7 Å². The molecule has 2 N–H and O–H groups in total. The van der Waals surface area contributed by atoms with Gasteiger partial charge in [0.1, 0.15) is 0 Å². The second-order valence-electron chi connectivity index (χ2n) is 0.673. The number of hydrogen-bond donors (Lipinski definition) is 2. The summed E-state index contributed by atoms with van der Waals surface area (Å²) in [5, 5.41) is 0. The lowest BCUT2D eigenvalue weighted by Crippen LogP contribution is -1.62. The molecule has 0 saturated heterocycles. The van der Waals surface area contributed by atoms with Gasteiger partial charge in [-0.2, -0.15) is 0 Å². The summed E-state index contributed by atoms with van der Waals surface area (Å²) in [4.78, 5) is 16.6. The minimum atomic E-state index is -2.83. The van der Waals surface area contributed by atoms with Gasteiger partial charge in [-0.3, -0.25) is 0 Å². The second-order valence-corrected chi connectivity index (χ2v) is 10.1. The van der Waals surface area contributed by atoms with Crippen molar-refractivity contribution in [2.24, 2.45) is 0 Å². The Morgan fingerprint density at radius 2 is 1.83 bits per heavy atom. The summed E-state index contributed by atoms with van der Waals surface area (Å²) in [5.41, 5.74) is -2.83. The molecule has 0 aliphatic heterocycles. The first-order chi connectivity index (χ1) is 2.56. The Labute approximate surface area is 47.9 Å². The van der Waals surface area contributed by atoms with Gasteiger partial charge in [0.15, 0.2) is 0 Å². The molecule has 0 heterocycles. The maximum atomic E-state index is 8.31. The predicted octanol–water partition coefficient (Wildman–Crippen LogP) is -0.791.